The first-order chi connectivity index (χ1) is 14.0. The fraction of sp³-hybridized carbons (Fsp3) is 0.318. The summed E-state index contributed by atoms with van der Waals surface area (Å²) in [6, 6.07) is 10.3. The SMILES string of the molecule is CCCN(C(=O)c1ccc2c(=O)n3c(nc2c1)CCCC3)c1ccc(Cl)c(Cl)c1. The van der Waals surface area contributed by atoms with Gasteiger partial charge >= 0.3 is 0 Å². The third-order valence-corrected chi connectivity index (χ3v) is 5.96. The molecule has 3 aromatic rings. The van der Waals surface area contributed by atoms with Gasteiger partial charge < -0.3 is 4.90 Å². The Morgan fingerprint density at radius 3 is 2.72 bits per heavy atom. The zero-order valence-corrected chi connectivity index (χ0v) is 17.6. The van der Waals surface area contributed by atoms with Crippen molar-refractivity contribution in [2.75, 3.05) is 11.4 Å². The topological polar surface area (TPSA) is 55.2 Å². The minimum atomic E-state index is -0.160. The maximum Gasteiger partial charge on any atom is 0.261 e. The summed E-state index contributed by atoms with van der Waals surface area (Å²) in [6.07, 6.45) is 3.59. The Morgan fingerprint density at radius 2 is 1.97 bits per heavy atom. The molecule has 7 heteroatoms. The van der Waals surface area contributed by atoms with Crippen LogP contribution < -0.4 is 10.5 Å². The van der Waals surface area contributed by atoms with Gasteiger partial charge in [0.1, 0.15) is 5.82 Å². The quantitative estimate of drug-likeness (QED) is 0.579. The lowest BCUT2D eigenvalue weighted by Crippen LogP contribution is -2.32. The van der Waals surface area contributed by atoms with E-state index in [1.54, 1.807) is 45.9 Å². The van der Waals surface area contributed by atoms with Crippen LogP contribution in [0.15, 0.2) is 41.2 Å². The number of hydrogen-bond donors (Lipinski definition) is 0. The number of amides is 1. The van der Waals surface area contributed by atoms with Crippen LogP contribution in [0.25, 0.3) is 10.9 Å². The standard InChI is InChI=1S/C22H21Cl2N3O2/c1-2-10-26(15-7-9-17(23)18(24)13-15)21(28)14-6-8-16-19(12-14)25-20-5-3-4-11-27(20)22(16)29/h6-9,12-13H,2-5,10-11H2,1H3. The second-order valence-electron chi connectivity index (χ2n) is 7.23. The van der Waals surface area contributed by atoms with Crippen LogP contribution in [0.3, 0.4) is 0 Å². The minimum absolute atomic E-state index is 0.0291. The summed E-state index contributed by atoms with van der Waals surface area (Å²) in [7, 11) is 0. The Kier molecular flexibility index (Phi) is 5.61. The van der Waals surface area contributed by atoms with Gasteiger partial charge in [0.25, 0.3) is 11.5 Å². The van der Waals surface area contributed by atoms with Crippen molar-refractivity contribution in [1.29, 1.82) is 0 Å². The lowest BCUT2D eigenvalue weighted by Gasteiger charge is -2.23. The van der Waals surface area contributed by atoms with Crippen molar-refractivity contribution in [1.82, 2.24) is 9.55 Å². The number of nitrogens with zero attached hydrogens (tertiary/aromatic N) is 3. The normalized spacial score (nSPS) is 13.3. The number of halogens is 2. The molecule has 5 nitrogen and oxygen atoms in total. The Labute approximate surface area is 178 Å². The van der Waals surface area contributed by atoms with Crippen LogP contribution in [0.5, 0.6) is 0 Å². The summed E-state index contributed by atoms with van der Waals surface area (Å²) >= 11 is 12.2. The molecule has 2 heterocycles. The van der Waals surface area contributed by atoms with Crippen molar-refractivity contribution < 1.29 is 4.79 Å². The number of aromatic nitrogens is 2. The van der Waals surface area contributed by atoms with Crippen molar-refractivity contribution in [2.45, 2.75) is 39.2 Å². The molecule has 0 saturated carbocycles. The van der Waals surface area contributed by atoms with Crippen molar-refractivity contribution in [3.63, 3.8) is 0 Å². The molecule has 1 amide bonds. The van der Waals surface area contributed by atoms with Gasteiger partial charge in [-0.3, -0.25) is 14.2 Å². The third-order valence-electron chi connectivity index (χ3n) is 5.22. The summed E-state index contributed by atoms with van der Waals surface area (Å²) in [6.45, 7) is 3.25. The number of rotatable bonds is 4. The molecule has 4 rings (SSSR count). The molecular formula is C22H21Cl2N3O2. The van der Waals surface area contributed by atoms with Gasteiger partial charge in [0, 0.05) is 30.8 Å². The van der Waals surface area contributed by atoms with Crippen LogP contribution in [0.2, 0.25) is 10.0 Å². The van der Waals surface area contributed by atoms with E-state index in [1.165, 1.54) is 0 Å². The van der Waals surface area contributed by atoms with Crippen LogP contribution >= 0.6 is 23.2 Å². The summed E-state index contributed by atoms with van der Waals surface area (Å²) in [4.78, 5) is 32.4. The van der Waals surface area contributed by atoms with Crippen LogP contribution in [0.1, 0.15) is 42.4 Å². The van der Waals surface area contributed by atoms with Crippen molar-refractivity contribution in [3.05, 3.63) is 68.2 Å². The van der Waals surface area contributed by atoms with Crippen molar-refractivity contribution in [3.8, 4) is 0 Å². The molecule has 0 aliphatic carbocycles. The Morgan fingerprint density at radius 1 is 1.14 bits per heavy atom. The predicted octanol–water partition coefficient (Wildman–Crippen LogP) is 5.10. The van der Waals surface area contributed by atoms with E-state index in [2.05, 4.69) is 4.98 Å². The number of carbonyl (C=O) groups excluding carboxylic acids is 1. The highest BCUT2D eigenvalue weighted by atomic mass is 35.5. The Hall–Kier alpha value is -2.37. The largest absolute Gasteiger partial charge is 0.308 e. The van der Waals surface area contributed by atoms with E-state index in [0.717, 1.165) is 31.5 Å². The molecule has 150 valence electrons. The average molecular weight is 430 g/mol. The van der Waals surface area contributed by atoms with Gasteiger partial charge in [-0.05, 0) is 55.7 Å². The maximum atomic E-state index is 13.3. The fourth-order valence-corrected chi connectivity index (χ4v) is 4.05. The lowest BCUT2D eigenvalue weighted by atomic mass is 10.1. The second kappa shape index (κ2) is 8.17. The molecule has 0 spiro atoms. The molecule has 0 unspecified atom stereocenters. The Bertz CT molecular complexity index is 1160. The molecule has 29 heavy (non-hydrogen) atoms. The molecule has 1 aliphatic rings. The monoisotopic (exact) mass is 429 g/mol. The molecule has 1 aromatic heterocycles. The molecule has 0 saturated heterocycles. The van der Waals surface area contributed by atoms with Crippen LogP contribution in [0, 0.1) is 0 Å². The highest BCUT2D eigenvalue weighted by molar-refractivity contribution is 6.42. The number of benzene rings is 2. The smallest absolute Gasteiger partial charge is 0.261 e. The van der Waals surface area contributed by atoms with Crippen molar-refractivity contribution >= 4 is 45.7 Å². The van der Waals surface area contributed by atoms with Crippen molar-refractivity contribution in [2.24, 2.45) is 0 Å². The molecule has 1 aliphatic heterocycles. The predicted molar refractivity (Wildman–Crippen MR) is 117 cm³/mol. The maximum absolute atomic E-state index is 13.3. The zero-order chi connectivity index (χ0) is 20.5. The minimum Gasteiger partial charge on any atom is -0.308 e. The lowest BCUT2D eigenvalue weighted by molar-refractivity contribution is 0.0987. The van der Waals surface area contributed by atoms with Gasteiger partial charge in [-0.15, -0.1) is 0 Å². The van der Waals surface area contributed by atoms with E-state index in [-0.39, 0.29) is 11.5 Å². The summed E-state index contributed by atoms with van der Waals surface area (Å²) in [5.41, 5.74) is 1.72. The first-order valence-electron chi connectivity index (χ1n) is 9.80. The molecule has 2 aromatic carbocycles. The zero-order valence-electron chi connectivity index (χ0n) is 16.1. The van der Waals surface area contributed by atoms with Gasteiger partial charge in [-0.1, -0.05) is 30.1 Å². The third kappa shape index (κ3) is 3.77. The molecular weight excluding hydrogens is 409 g/mol. The van der Waals surface area contributed by atoms with Gasteiger partial charge in [0.05, 0.1) is 20.9 Å². The number of anilines is 1. The average Bonchev–Trinajstić information content (AvgIpc) is 2.73. The van der Waals surface area contributed by atoms with E-state index in [0.29, 0.717) is 45.3 Å². The fourth-order valence-electron chi connectivity index (χ4n) is 3.75. The van der Waals surface area contributed by atoms with E-state index in [4.69, 9.17) is 23.2 Å². The number of hydrogen-bond acceptors (Lipinski definition) is 3. The molecule has 0 atom stereocenters. The van der Waals surface area contributed by atoms with Gasteiger partial charge in [-0.25, -0.2) is 4.98 Å². The van der Waals surface area contributed by atoms with E-state index in [9.17, 15) is 9.59 Å². The van der Waals surface area contributed by atoms with E-state index >= 15 is 0 Å². The van der Waals surface area contributed by atoms with Gasteiger partial charge in [0.2, 0.25) is 0 Å². The number of carbonyl (C=O) groups is 1. The summed E-state index contributed by atoms with van der Waals surface area (Å²) in [5, 5.41) is 1.39. The highest BCUT2D eigenvalue weighted by Crippen LogP contribution is 2.28. The van der Waals surface area contributed by atoms with E-state index in [1.807, 2.05) is 6.92 Å². The highest BCUT2D eigenvalue weighted by Gasteiger charge is 2.20. The molecule has 0 radical (unpaired) electrons. The van der Waals surface area contributed by atoms with Gasteiger partial charge in [0.15, 0.2) is 0 Å². The second-order valence-corrected chi connectivity index (χ2v) is 8.04. The van der Waals surface area contributed by atoms with Crippen LogP contribution in [-0.2, 0) is 13.0 Å². The molecule has 0 N–H and O–H groups in total. The number of fused-ring (bicyclic) bond motifs is 2. The first-order valence-corrected chi connectivity index (χ1v) is 10.6. The Balaban J connectivity index is 1.76. The molecule has 0 bridgehead atoms. The van der Waals surface area contributed by atoms with Crippen LogP contribution in [0.4, 0.5) is 5.69 Å². The number of aryl methyl sites for hydroxylation is 1. The van der Waals surface area contributed by atoms with E-state index < -0.39 is 0 Å². The summed E-state index contributed by atoms with van der Waals surface area (Å²) < 4.78 is 1.76. The van der Waals surface area contributed by atoms with Gasteiger partial charge in [-0.2, -0.15) is 0 Å². The summed E-state index contributed by atoms with van der Waals surface area (Å²) in [5.74, 6) is 0.639. The van der Waals surface area contributed by atoms with Crippen LogP contribution in [-0.4, -0.2) is 22.0 Å². The molecule has 0 fully saturated rings. The first kappa shape index (κ1) is 19.9.